The first-order valence-corrected chi connectivity index (χ1v) is 4.34. The molecular formula is C11H10N2O. The van der Waals surface area contributed by atoms with E-state index in [9.17, 15) is 0 Å². The first kappa shape index (κ1) is 8.69. The average Bonchev–Trinajstić information content (AvgIpc) is 2.19. The van der Waals surface area contributed by atoms with E-state index in [1.807, 2.05) is 19.1 Å². The SMILES string of the molecule is Cc1cc(-c2ccc(O)cn2)ccn1. The van der Waals surface area contributed by atoms with Crippen molar-refractivity contribution in [1.29, 1.82) is 0 Å². The van der Waals surface area contributed by atoms with Crippen LogP contribution in [0.5, 0.6) is 5.75 Å². The lowest BCUT2D eigenvalue weighted by Gasteiger charge is -2.00. The van der Waals surface area contributed by atoms with Crippen molar-refractivity contribution in [3.05, 3.63) is 42.4 Å². The summed E-state index contributed by atoms with van der Waals surface area (Å²) in [6.07, 6.45) is 3.18. The van der Waals surface area contributed by atoms with E-state index < -0.39 is 0 Å². The van der Waals surface area contributed by atoms with Crippen molar-refractivity contribution in [2.45, 2.75) is 6.92 Å². The molecule has 1 N–H and O–H groups in total. The van der Waals surface area contributed by atoms with Crippen LogP contribution in [-0.2, 0) is 0 Å². The maximum Gasteiger partial charge on any atom is 0.133 e. The van der Waals surface area contributed by atoms with Crippen molar-refractivity contribution in [3.8, 4) is 17.0 Å². The Morgan fingerprint density at radius 2 is 2.00 bits per heavy atom. The molecule has 0 fully saturated rings. The normalized spacial score (nSPS) is 10.1. The number of rotatable bonds is 1. The molecule has 0 aliphatic heterocycles. The first-order chi connectivity index (χ1) is 6.75. The van der Waals surface area contributed by atoms with E-state index in [4.69, 9.17) is 5.11 Å². The van der Waals surface area contributed by atoms with Crippen LogP contribution >= 0.6 is 0 Å². The zero-order valence-corrected chi connectivity index (χ0v) is 7.81. The van der Waals surface area contributed by atoms with Crippen LogP contribution in [0.3, 0.4) is 0 Å². The summed E-state index contributed by atoms with van der Waals surface area (Å²) < 4.78 is 0. The second kappa shape index (κ2) is 3.46. The topological polar surface area (TPSA) is 46.0 Å². The summed E-state index contributed by atoms with van der Waals surface area (Å²) in [6.45, 7) is 1.93. The highest BCUT2D eigenvalue weighted by Crippen LogP contribution is 2.18. The fraction of sp³-hybridized carbons (Fsp3) is 0.0909. The molecule has 0 aromatic carbocycles. The molecular weight excluding hydrogens is 176 g/mol. The number of aromatic hydroxyl groups is 1. The van der Waals surface area contributed by atoms with E-state index in [2.05, 4.69) is 9.97 Å². The van der Waals surface area contributed by atoms with Gasteiger partial charge < -0.3 is 5.11 Å². The lowest BCUT2D eigenvalue weighted by atomic mass is 10.1. The number of pyridine rings is 2. The minimum absolute atomic E-state index is 0.180. The fourth-order valence-corrected chi connectivity index (χ4v) is 1.26. The molecule has 0 radical (unpaired) electrons. The van der Waals surface area contributed by atoms with Crippen molar-refractivity contribution < 1.29 is 5.11 Å². The van der Waals surface area contributed by atoms with E-state index >= 15 is 0 Å². The highest BCUT2D eigenvalue weighted by atomic mass is 16.3. The first-order valence-electron chi connectivity index (χ1n) is 4.34. The predicted molar refractivity (Wildman–Crippen MR) is 53.9 cm³/mol. The number of aromatic nitrogens is 2. The highest BCUT2D eigenvalue weighted by molar-refractivity contribution is 5.59. The van der Waals surface area contributed by atoms with Crippen molar-refractivity contribution in [3.63, 3.8) is 0 Å². The van der Waals surface area contributed by atoms with Crippen LogP contribution in [0.15, 0.2) is 36.7 Å². The van der Waals surface area contributed by atoms with Gasteiger partial charge in [-0.15, -0.1) is 0 Å². The molecule has 70 valence electrons. The third kappa shape index (κ3) is 1.71. The molecule has 0 bridgehead atoms. The maximum atomic E-state index is 9.08. The number of hydrogen-bond acceptors (Lipinski definition) is 3. The van der Waals surface area contributed by atoms with Gasteiger partial charge in [-0.2, -0.15) is 0 Å². The van der Waals surface area contributed by atoms with Gasteiger partial charge in [-0.3, -0.25) is 9.97 Å². The summed E-state index contributed by atoms with van der Waals surface area (Å²) in [4.78, 5) is 8.22. The van der Waals surface area contributed by atoms with Gasteiger partial charge in [0.05, 0.1) is 11.9 Å². The molecule has 0 atom stereocenters. The lowest BCUT2D eigenvalue weighted by molar-refractivity contribution is 0.473. The molecule has 0 amide bonds. The monoisotopic (exact) mass is 186 g/mol. The van der Waals surface area contributed by atoms with Crippen LogP contribution in [0, 0.1) is 6.92 Å². The van der Waals surface area contributed by atoms with Crippen LogP contribution in [0.4, 0.5) is 0 Å². The molecule has 3 heteroatoms. The van der Waals surface area contributed by atoms with Crippen molar-refractivity contribution in [2.24, 2.45) is 0 Å². The van der Waals surface area contributed by atoms with Crippen molar-refractivity contribution >= 4 is 0 Å². The summed E-state index contributed by atoms with van der Waals surface area (Å²) in [5.41, 5.74) is 2.81. The standard InChI is InChI=1S/C11H10N2O/c1-8-6-9(4-5-12-8)11-3-2-10(14)7-13-11/h2-7,14H,1H3. The van der Waals surface area contributed by atoms with Crippen LogP contribution in [0.1, 0.15) is 5.69 Å². The van der Waals surface area contributed by atoms with Gasteiger partial charge in [-0.1, -0.05) is 0 Å². The molecule has 14 heavy (non-hydrogen) atoms. The molecule has 2 rings (SSSR count). The van der Waals surface area contributed by atoms with Gasteiger partial charge in [0, 0.05) is 17.5 Å². The largest absolute Gasteiger partial charge is 0.506 e. The zero-order valence-electron chi connectivity index (χ0n) is 7.81. The predicted octanol–water partition coefficient (Wildman–Crippen LogP) is 2.16. The smallest absolute Gasteiger partial charge is 0.133 e. The van der Waals surface area contributed by atoms with Gasteiger partial charge >= 0.3 is 0 Å². The molecule has 2 heterocycles. The maximum absolute atomic E-state index is 9.08. The second-order valence-corrected chi connectivity index (χ2v) is 3.09. The number of hydrogen-bond donors (Lipinski definition) is 1. The Kier molecular flexibility index (Phi) is 2.14. The minimum Gasteiger partial charge on any atom is -0.506 e. The fourth-order valence-electron chi connectivity index (χ4n) is 1.26. The Balaban J connectivity index is 2.44. The minimum atomic E-state index is 0.180. The van der Waals surface area contributed by atoms with Crippen LogP contribution in [-0.4, -0.2) is 15.1 Å². The summed E-state index contributed by atoms with van der Waals surface area (Å²) in [6, 6.07) is 7.26. The molecule has 0 unspecified atom stereocenters. The second-order valence-electron chi connectivity index (χ2n) is 3.09. The van der Waals surface area contributed by atoms with E-state index in [-0.39, 0.29) is 5.75 Å². The van der Waals surface area contributed by atoms with E-state index in [0.717, 1.165) is 17.0 Å². The van der Waals surface area contributed by atoms with Crippen LogP contribution in [0.25, 0.3) is 11.3 Å². The molecule has 0 spiro atoms. The summed E-state index contributed by atoms with van der Waals surface area (Å²) >= 11 is 0. The number of nitrogens with zero attached hydrogens (tertiary/aromatic N) is 2. The van der Waals surface area contributed by atoms with Gasteiger partial charge in [0.25, 0.3) is 0 Å². The van der Waals surface area contributed by atoms with Gasteiger partial charge in [-0.05, 0) is 31.2 Å². The van der Waals surface area contributed by atoms with Crippen LogP contribution in [0.2, 0.25) is 0 Å². The zero-order chi connectivity index (χ0) is 9.97. The Morgan fingerprint density at radius 3 is 2.64 bits per heavy atom. The Morgan fingerprint density at radius 1 is 1.14 bits per heavy atom. The van der Waals surface area contributed by atoms with E-state index in [0.29, 0.717) is 0 Å². The van der Waals surface area contributed by atoms with Gasteiger partial charge in [0.2, 0.25) is 0 Å². The van der Waals surface area contributed by atoms with Crippen LogP contribution < -0.4 is 0 Å². The Labute approximate surface area is 82.1 Å². The molecule has 0 saturated heterocycles. The van der Waals surface area contributed by atoms with E-state index in [1.165, 1.54) is 6.20 Å². The van der Waals surface area contributed by atoms with Gasteiger partial charge in [0.15, 0.2) is 0 Å². The molecule has 3 nitrogen and oxygen atoms in total. The van der Waals surface area contributed by atoms with Gasteiger partial charge in [0.1, 0.15) is 5.75 Å². The molecule has 0 aliphatic carbocycles. The summed E-state index contributed by atoms with van der Waals surface area (Å²) in [5.74, 6) is 0.180. The van der Waals surface area contributed by atoms with E-state index in [1.54, 1.807) is 18.3 Å². The molecule has 0 aliphatic rings. The van der Waals surface area contributed by atoms with Gasteiger partial charge in [-0.25, -0.2) is 0 Å². The highest BCUT2D eigenvalue weighted by Gasteiger charge is 1.99. The molecule has 2 aromatic rings. The van der Waals surface area contributed by atoms with Crippen molar-refractivity contribution in [1.82, 2.24) is 9.97 Å². The average molecular weight is 186 g/mol. The Hall–Kier alpha value is -1.90. The summed E-state index contributed by atoms with van der Waals surface area (Å²) in [5, 5.41) is 9.08. The molecule has 0 saturated carbocycles. The third-order valence-electron chi connectivity index (χ3n) is 1.94. The lowest BCUT2D eigenvalue weighted by Crippen LogP contribution is -1.85. The third-order valence-corrected chi connectivity index (χ3v) is 1.94. The molecule has 2 aromatic heterocycles. The van der Waals surface area contributed by atoms with Crippen molar-refractivity contribution in [2.75, 3.05) is 0 Å². The Bertz CT molecular complexity index is 437. The summed E-state index contributed by atoms with van der Waals surface area (Å²) in [7, 11) is 0. The number of aryl methyl sites for hydroxylation is 1. The quantitative estimate of drug-likeness (QED) is 0.742.